The molecule has 0 spiro atoms. The topological polar surface area (TPSA) is 70.6 Å². The van der Waals surface area contributed by atoms with Gasteiger partial charge in [0.1, 0.15) is 5.82 Å². The zero-order valence-electron chi connectivity index (χ0n) is 10.6. The zero-order chi connectivity index (χ0) is 13.7. The van der Waals surface area contributed by atoms with Crippen molar-refractivity contribution in [3.63, 3.8) is 0 Å². The molecule has 1 unspecified atom stereocenters. The first-order chi connectivity index (χ1) is 9.20. The minimum Gasteiger partial charge on any atom is -0.409 e. The first-order valence-corrected chi connectivity index (χ1v) is 7.34. The van der Waals surface area contributed by atoms with E-state index in [4.69, 9.17) is 10.9 Å². The zero-order valence-corrected chi connectivity index (χ0v) is 11.4. The molecule has 4 nitrogen and oxygen atoms in total. The molecule has 0 aliphatic carbocycles. The Kier molecular flexibility index (Phi) is 5.04. The van der Waals surface area contributed by atoms with Crippen LogP contribution in [-0.2, 0) is 6.54 Å². The third-order valence-electron chi connectivity index (χ3n) is 3.17. The quantitative estimate of drug-likeness (QED) is 0.334. The predicted molar refractivity (Wildman–Crippen MR) is 76.1 cm³/mol. The van der Waals surface area contributed by atoms with E-state index in [0.29, 0.717) is 17.4 Å². The van der Waals surface area contributed by atoms with Crippen LogP contribution in [0.3, 0.4) is 0 Å². The maximum absolute atomic E-state index is 13.2. The summed E-state index contributed by atoms with van der Waals surface area (Å²) in [5.41, 5.74) is 6.83. The Morgan fingerprint density at radius 2 is 2.42 bits per heavy atom. The van der Waals surface area contributed by atoms with Crippen molar-refractivity contribution in [2.75, 3.05) is 12.3 Å². The molecule has 4 N–H and O–H groups in total. The Bertz CT molecular complexity index is 461. The standard InChI is InChI=1S/C13H18FN3OS/c14-10-4-3-9(12(6-10)13(15)17-18)7-16-8-11-2-1-5-19-11/h3-4,6,11,16,18H,1-2,5,7-8H2,(H2,15,17). The molecule has 1 atom stereocenters. The number of nitrogens with two attached hydrogens (primary N) is 1. The highest BCUT2D eigenvalue weighted by molar-refractivity contribution is 8.00. The van der Waals surface area contributed by atoms with Crippen molar-refractivity contribution in [2.45, 2.75) is 24.6 Å². The Hall–Kier alpha value is -1.27. The van der Waals surface area contributed by atoms with E-state index in [0.717, 1.165) is 12.1 Å². The highest BCUT2D eigenvalue weighted by Crippen LogP contribution is 2.25. The fourth-order valence-electron chi connectivity index (χ4n) is 2.17. The van der Waals surface area contributed by atoms with E-state index in [1.54, 1.807) is 6.07 Å². The third-order valence-corrected chi connectivity index (χ3v) is 4.57. The second-order valence-electron chi connectivity index (χ2n) is 4.55. The molecular weight excluding hydrogens is 265 g/mol. The molecule has 0 saturated carbocycles. The second-order valence-corrected chi connectivity index (χ2v) is 5.96. The molecule has 1 aromatic rings. The summed E-state index contributed by atoms with van der Waals surface area (Å²) in [5.74, 6) is 0.779. The number of nitrogens with zero attached hydrogens (tertiary/aromatic N) is 1. The molecule has 1 aliphatic heterocycles. The summed E-state index contributed by atoms with van der Waals surface area (Å²) in [6.45, 7) is 1.51. The average molecular weight is 283 g/mol. The van der Waals surface area contributed by atoms with Crippen LogP contribution >= 0.6 is 11.8 Å². The average Bonchev–Trinajstić information content (AvgIpc) is 2.92. The van der Waals surface area contributed by atoms with Crippen LogP contribution in [0.2, 0.25) is 0 Å². The van der Waals surface area contributed by atoms with E-state index < -0.39 is 5.82 Å². The predicted octanol–water partition coefficient (Wildman–Crippen LogP) is 1.91. The van der Waals surface area contributed by atoms with Crippen molar-refractivity contribution in [2.24, 2.45) is 10.9 Å². The molecule has 0 aromatic heterocycles. The fraction of sp³-hybridized carbons (Fsp3) is 0.462. The number of benzene rings is 1. The summed E-state index contributed by atoms with van der Waals surface area (Å²) in [6, 6.07) is 4.34. The van der Waals surface area contributed by atoms with Gasteiger partial charge in [0, 0.05) is 23.9 Å². The molecule has 1 heterocycles. The molecule has 104 valence electrons. The summed E-state index contributed by atoms with van der Waals surface area (Å²) >= 11 is 1.98. The molecule has 1 aliphatic rings. The van der Waals surface area contributed by atoms with Crippen molar-refractivity contribution in [1.29, 1.82) is 0 Å². The Balaban J connectivity index is 1.98. The number of nitrogens with one attached hydrogen (secondary N) is 1. The Morgan fingerprint density at radius 1 is 1.58 bits per heavy atom. The van der Waals surface area contributed by atoms with Crippen LogP contribution in [0.5, 0.6) is 0 Å². The lowest BCUT2D eigenvalue weighted by Crippen LogP contribution is -2.25. The van der Waals surface area contributed by atoms with E-state index in [2.05, 4.69) is 10.5 Å². The van der Waals surface area contributed by atoms with E-state index in [9.17, 15) is 4.39 Å². The summed E-state index contributed by atoms with van der Waals surface area (Å²) < 4.78 is 13.2. The van der Waals surface area contributed by atoms with Crippen LogP contribution in [0.4, 0.5) is 4.39 Å². The van der Waals surface area contributed by atoms with Crippen molar-refractivity contribution in [1.82, 2.24) is 5.32 Å². The molecule has 6 heteroatoms. The van der Waals surface area contributed by atoms with Gasteiger partial charge in [-0.25, -0.2) is 4.39 Å². The maximum atomic E-state index is 13.2. The van der Waals surface area contributed by atoms with Crippen molar-refractivity contribution < 1.29 is 9.60 Å². The second kappa shape index (κ2) is 6.77. The first kappa shape index (κ1) is 14.1. The molecule has 0 bridgehead atoms. The number of thioether (sulfide) groups is 1. The van der Waals surface area contributed by atoms with Crippen molar-refractivity contribution in [3.05, 3.63) is 35.1 Å². The van der Waals surface area contributed by atoms with Gasteiger partial charge in [0.2, 0.25) is 0 Å². The van der Waals surface area contributed by atoms with E-state index in [1.165, 1.54) is 30.7 Å². The normalized spacial score (nSPS) is 19.8. The molecule has 1 fully saturated rings. The third kappa shape index (κ3) is 3.84. The number of hydrogen-bond donors (Lipinski definition) is 3. The number of oxime groups is 1. The van der Waals surface area contributed by atoms with E-state index >= 15 is 0 Å². The number of halogens is 1. The van der Waals surface area contributed by atoms with Crippen LogP contribution in [0.25, 0.3) is 0 Å². The number of amidine groups is 1. The van der Waals surface area contributed by atoms with Gasteiger partial charge in [-0.2, -0.15) is 11.8 Å². The SMILES string of the molecule is N/C(=N/O)c1cc(F)ccc1CNCC1CCCS1. The van der Waals surface area contributed by atoms with Gasteiger partial charge in [0.15, 0.2) is 5.84 Å². The molecule has 0 radical (unpaired) electrons. The van der Waals surface area contributed by atoms with Crippen LogP contribution in [-0.4, -0.2) is 28.6 Å². The summed E-state index contributed by atoms with van der Waals surface area (Å²) in [5, 5.41) is 15.7. The van der Waals surface area contributed by atoms with Gasteiger partial charge in [-0.15, -0.1) is 0 Å². The molecular formula is C13H18FN3OS. The molecule has 1 aromatic carbocycles. The van der Waals surface area contributed by atoms with Crippen molar-refractivity contribution in [3.8, 4) is 0 Å². The first-order valence-electron chi connectivity index (χ1n) is 6.29. The van der Waals surface area contributed by atoms with Gasteiger partial charge in [0.05, 0.1) is 0 Å². The highest BCUT2D eigenvalue weighted by atomic mass is 32.2. The lowest BCUT2D eigenvalue weighted by molar-refractivity contribution is 0.318. The summed E-state index contributed by atoms with van der Waals surface area (Å²) in [6.07, 6.45) is 2.52. The largest absolute Gasteiger partial charge is 0.409 e. The van der Waals surface area contributed by atoms with Gasteiger partial charge in [0.25, 0.3) is 0 Å². The van der Waals surface area contributed by atoms with Crippen LogP contribution in [0.15, 0.2) is 23.4 Å². The smallest absolute Gasteiger partial charge is 0.170 e. The Morgan fingerprint density at radius 3 is 3.11 bits per heavy atom. The van der Waals surface area contributed by atoms with E-state index in [-0.39, 0.29) is 5.84 Å². The molecule has 1 saturated heterocycles. The van der Waals surface area contributed by atoms with Crippen LogP contribution in [0, 0.1) is 5.82 Å². The minimum atomic E-state index is -0.392. The van der Waals surface area contributed by atoms with Crippen molar-refractivity contribution >= 4 is 17.6 Å². The van der Waals surface area contributed by atoms with Crippen LogP contribution < -0.4 is 11.1 Å². The summed E-state index contributed by atoms with van der Waals surface area (Å²) in [7, 11) is 0. The van der Waals surface area contributed by atoms with Gasteiger partial charge in [-0.1, -0.05) is 11.2 Å². The number of hydrogen-bond acceptors (Lipinski definition) is 4. The molecule has 19 heavy (non-hydrogen) atoms. The Labute approximate surface area is 116 Å². The highest BCUT2D eigenvalue weighted by Gasteiger charge is 2.15. The van der Waals surface area contributed by atoms with Gasteiger partial charge >= 0.3 is 0 Å². The fourth-order valence-corrected chi connectivity index (χ4v) is 3.40. The molecule has 2 rings (SSSR count). The van der Waals surface area contributed by atoms with Crippen LogP contribution in [0.1, 0.15) is 24.0 Å². The monoisotopic (exact) mass is 283 g/mol. The van der Waals surface area contributed by atoms with Gasteiger partial charge in [-0.05, 0) is 36.3 Å². The molecule has 0 amide bonds. The maximum Gasteiger partial charge on any atom is 0.170 e. The van der Waals surface area contributed by atoms with Gasteiger partial charge in [-0.3, -0.25) is 0 Å². The lowest BCUT2D eigenvalue weighted by atomic mass is 10.1. The summed E-state index contributed by atoms with van der Waals surface area (Å²) in [4.78, 5) is 0. The lowest BCUT2D eigenvalue weighted by Gasteiger charge is -2.12. The van der Waals surface area contributed by atoms with Gasteiger partial charge < -0.3 is 16.3 Å². The minimum absolute atomic E-state index is 0.0634. The number of rotatable bonds is 5. The van der Waals surface area contributed by atoms with E-state index in [1.807, 2.05) is 11.8 Å².